The smallest absolute Gasteiger partial charge is 0.274 e. The number of aliphatic hydroxyl groups is 1. The monoisotopic (exact) mass is 705 g/mol. The van der Waals surface area contributed by atoms with Crippen LogP contribution in [0.2, 0.25) is 10.0 Å². The number of nitrogens with zero attached hydrogens (tertiary/aromatic N) is 4. The van der Waals surface area contributed by atoms with Crippen molar-refractivity contribution in [2.75, 3.05) is 45.8 Å². The van der Waals surface area contributed by atoms with Gasteiger partial charge >= 0.3 is 0 Å². The van der Waals surface area contributed by atoms with Crippen molar-refractivity contribution in [3.8, 4) is 34.1 Å². The lowest BCUT2D eigenvalue weighted by molar-refractivity contribution is -0.119. The number of anilines is 1. The van der Waals surface area contributed by atoms with Crippen LogP contribution in [0, 0.1) is 5.92 Å². The maximum Gasteiger partial charge on any atom is 0.274 e. The molecule has 12 nitrogen and oxygen atoms in total. The molecule has 0 aliphatic carbocycles. The molecule has 2 saturated heterocycles. The first-order valence-electron chi connectivity index (χ1n) is 15.9. The number of aromatic nitrogens is 3. The van der Waals surface area contributed by atoms with Gasteiger partial charge in [0.2, 0.25) is 11.8 Å². The number of carbonyl (C=O) groups excluding carboxylic acids is 2. The molecule has 14 heteroatoms. The summed E-state index contributed by atoms with van der Waals surface area (Å²) in [6, 6.07) is 12.5. The van der Waals surface area contributed by atoms with Crippen LogP contribution in [0.15, 0.2) is 54.9 Å². The predicted molar refractivity (Wildman–Crippen MR) is 187 cm³/mol. The second-order valence-corrected chi connectivity index (χ2v) is 12.8. The number of nitrogens with one attached hydrogen (secondary N) is 3. The average molecular weight is 707 g/mol. The number of halogens is 2. The van der Waals surface area contributed by atoms with Crippen molar-refractivity contribution in [1.82, 2.24) is 30.5 Å². The van der Waals surface area contributed by atoms with E-state index in [2.05, 4.69) is 30.8 Å². The molecule has 2 aliphatic rings. The molecule has 4 N–H and O–H groups in total. The first-order valence-corrected chi connectivity index (χ1v) is 16.7. The summed E-state index contributed by atoms with van der Waals surface area (Å²) in [4.78, 5) is 40.6. The fourth-order valence-corrected chi connectivity index (χ4v) is 6.60. The largest absolute Gasteiger partial charge is 0.496 e. The fraction of sp³-hybridized carbons (Fsp3) is 0.343. The van der Waals surface area contributed by atoms with Gasteiger partial charge in [0.1, 0.15) is 11.4 Å². The van der Waals surface area contributed by atoms with Gasteiger partial charge in [0.25, 0.3) is 5.91 Å². The minimum Gasteiger partial charge on any atom is -0.496 e. The summed E-state index contributed by atoms with van der Waals surface area (Å²) in [6.07, 6.45) is 4.63. The van der Waals surface area contributed by atoms with Gasteiger partial charge in [0.15, 0.2) is 0 Å². The number of hydrogen-bond acceptors (Lipinski definition) is 10. The molecule has 2 amide bonds. The minimum atomic E-state index is -0.458. The number of rotatable bonds is 13. The summed E-state index contributed by atoms with van der Waals surface area (Å²) in [5, 5.41) is 19.1. The number of methoxy groups -OCH3 is 2. The quantitative estimate of drug-likeness (QED) is 0.156. The van der Waals surface area contributed by atoms with E-state index in [0.29, 0.717) is 70.9 Å². The van der Waals surface area contributed by atoms with Gasteiger partial charge in [0, 0.05) is 98.4 Å². The van der Waals surface area contributed by atoms with E-state index < -0.39 is 5.91 Å². The Morgan fingerprint density at radius 2 is 1.90 bits per heavy atom. The van der Waals surface area contributed by atoms with Gasteiger partial charge in [-0.1, -0.05) is 41.4 Å². The molecule has 1 aromatic carbocycles. The van der Waals surface area contributed by atoms with Gasteiger partial charge in [-0.2, -0.15) is 0 Å². The number of hydrogen-bond donors (Lipinski definition) is 4. The maximum absolute atomic E-state index is 13.3. The Bertz CT molecular complexity index is 1850. The van der Waals surface area contributed by atoms with Crippen LogP contribution in [-0.2, 0) is 17.9 Å². The normalized spacial score (nSPS) is 16.3. The van der Waals surface area contributed by atoms with Gasteiger partial charge in [-0.3, -0.25) is 24.5 Å². The molecule has 5 heterocycles. The molecule has 0 radical (unpaired) electrons. The third kappa shape index (κ3) is 7.79. The van der Waals surface area contributed by atoms with Gasteiger partial charge in [0.05, 0.1) is 41.3 Å². The standard InChI is InChI=1S/C35H37Cl2N7O5/c1-48-29-12-28(40-14-22(29)18-44-16-20(17-44)19-45)34(47)42-27-5-3-4-25(31(27)36)33-32(37)24(10-11-39-33)26-8-6-21(35(43-26)49-2)13-38-15-23-7-9-30(46)41-23/h3-6,8,10-12,14,20,23,38,45H,7,9,13,15-19H2,1-2H3,(H,41,46)(H,42,47)/t23-/m1/s1. The van der Waals surface area contributed by atoms with E-state index in [4.69, 9.17) is 37.7 Å². The lowest BCUT2D eigenvalue weighted by atomic mass is 10.0. The Morgan fingerprint density at radius 3 is 2.63 bits per heavy atom. The summed E-state index contributed by atoms with van der Waals surface area (Å²) >= 11 is 13.8. The van der Waals surface area contributed by atoms with Crippen LogP contribution < -0.4 is 25.4 Å². The van der Waals surface area contributed by atoms with Crippen LogP contribution in [0.5, 0.6) is 11.6 Å². The molecule has 256 valence electrons. The summed E-state index contributed by atoms with van der Waals surface area (Å²) in [5.41, 5.74) is 4.40. The molecule has 0 spiro atoms. The van der Waals surface area contributed by atoms with E-state index in [1.54, 1.807) is 56.9 Å². The van der Waals surface area contributed by atoms with Crippen LogP contribution >= 0.6 is 23.2 Å². The second-order valence-electron chi connectivity index (χ2n) is 12.1. The van der Waals surface area contributed by atoms with Gasteiger partial charge in [-0.25, -0.2) is 4.98 Å². The Hall–Kier alpha value is -4.33. The Morgan fingerprint density at radius 1 is 1.06 bits per heavy atom. The highest BCUT2D eigenvalue weighted by Gasteiger charge is 2.27. The molecule has 2 aliphatic heterocycles. The van der Waals surface area contributed by atoms with Crippen LogP contribution in [0.1, 0.15) is 34.5 Å². The number of ether oxygens (including phenoxy) is 2. The van der Waals surface area contributed by atoms with Crippen LogP contribution in [0.25, 0.3) is 22.5 Å². The van der Waals surface area contributed by atoms with Crippen molar-refractivity contribution >= 4 is 40.7 Å². The second kappa shape index (κ2) is 15.5. The molecule has 0 unspecified atom stereocenters. The van der Waals surface area contributed by atoms with Crippen LogP contribution in [-0.4, -0.2) is 83.3 Å². The highest BCUT2D eigenvalue weighted by Crippen LogP contribution is 2.40. The summed E-state index contributed by atoms with van der Waals surface area (Å²) in [7, 11) is 3.11. The van der Waals surface area contributed by atoms with Crippen LogP contribution in [0.4, 0.5) is 5.69 Å². The molecular weight excluding hydrogens is 669 g/mol. The molecule has 3 aromatic heterocycles. The zero-order valence-electron chi connectivity index (χ0n) is 27.1. The van der Waals surface area contributed by atoms with Crippen molar-refractivity contribution in [2.45, 2.75) is 32.0 Å². The third-order valence-corrected chi connectivity index (χ3v) is 9.46. The minimum absolute atomic E-state index is 0.0816. The number of amides is 2. The highest BCUT2D eigenvalue weighted by molar-refractivity contribution is 6.39. The zero-order valence-corrected chi connectivity index (χ0v) is 28.6. The number of likely N-dealkylation sites (tertiary alicyclic amines) is 1. The lowest BCUT2D eigenvalue weighted by Crippen LogP contribution is -2.47. The van der Waals surface area contributed by atoms with Crippen molar-refractivity contribution < 1.29 is 24.2 Å². The molecular formula is C35H37Cl2N7O5. The lowest BCUT2D eigenvalue weighted by Gasteiger charge is -2.38. The highest BCUT2D eigenvalue weighted by atomic mass is 35.5. The van der Waals surface area contributed by atoms with Gasteiger partial charge in [-0.15, -0.1) is 0 Å². The van der Waals surface area contributed by atoms with Crippen molar-refractivity contribution in [3.63, 3.8) is 0 Å². The molecule has 6 rings (SSSR count). The van der Waals surface area contributed by atoms with E-state index in [-0.39, 0.29) is 35.2 Å². The van der Waals surface area contributed by atoms with E-state index in [1.165, 1.54) is 0 Å². The van der Waals surface area contributed by atoms with E-state index in [1.807, 2.05) is 12.1 Å². The molecule has 0 bridgehead atoms. The number of benzene rings is 1. The Balaban J connectivity index is 1.17. The van der Waals surface area contributed by atoms with E-state index >= 15 is 0 Å². The average Bonchev–Trinajstić information content (AvgIpc) is 3.52. The van der Waals surface area contributed by atoms with Gasteiger partial charge in [-0.05, 0) is 24.6 Å². The first-order chi connectivity index (χ1) is 23.8. The van der Waals surface area contributed by atoms with Gasteiger partial charge < -0.3 is 30.5 Å². The topological polar surface area (TPSA) is 151 Å². The first kappa shape index (κ1) is 34.5. The van der Waals surface area contributed by atoms with E-state index in [9.17, 15) is 14.7 Å². The Labute approximate surface area is 294 Å². The molecule has 0 saturated carbocycles. The predicted octanol–water partition coefficient (Wildman–Crippen LogP) is 4.57. The van der Waals surface area contributed by atoms with Crippen molar-refractivity contribution in [1.29, 1.82) is 0 Å². The molecule has 2 fully saturated rings. The number of aliphatic hydroxyl groups excluding tert-OH is 1. The third-order valence-electron chi connectivity index (χ3n) is 8.67. The van der Waals surface area contributed by atoms with E-state index in [0.717, 1.165) is 30.6 Å². The SMILES string of the molecule is COc1cc(C(=O)Nc2cccc(-c3nccc(-c4ccc(CNC[C@H]5CCC(=O)N5)c(OC)n4)c3Cl)c2Cl)ncc1CN1CC(CO)C1. The number of pyridine rings is 3. The van der Waals surface area contributed by atoms with Crippen molar-refractivity contribution in [2.24, 2.45) is 5.92 Å². The fourth-order valence-electron chi connectivity index (χ4n) is 6.03. The zero-order chi connectivity index (χ0) is 34.5. The molecule has 1 atom stereocenters. The summed E-state index contributed by atoms with van der Waals surface area (Å²) < 4.78 is 11.2. The molecule has 4 aromatic rings. The summed E-state index contributed by atoms with van der Waals surface area (Å²) in [6.45, 7) is 3.56. The maximum atomic E-state index is 13.3. The summed E-state index contributed by atoms with van der Waals surface area (Å²) in [5.74, 6) is 0.912. The molecule has 49 heavy (non-hydrogen) atoms. The Kier molecular flexibility index (Phi) is 10.9. The van der Waals surface area contributed by atoms with Crippen molar-refractivity contribution in [3.05, 3.63) is 81.7 Å². The van der Waals surface area contributed by atoms with Crippen LogP contribution in [0.3, 0.4) is 0 Å². The number of carbonyl (C=O) groups is 2.